The topological polar surface area (TPSA) is 49.4 Å². The monoisotopic (exact) mass is 244 g/mol. The minimum Gasteiger partial charge on any atom is -0.342 e. The lowest BCUT2D eigenvalue weighted by Gasteiger charge is -2.42. The maximum Gasteiger partial charge on any atom is 0.246 e. The van der Waals surface area contributed by atoms with Gasteiger partial charge < -0.3 is 10.2 Å². The lowest BCUT2D eigenvalue weighted by Crippen LogP contribution is -2.65. The quantitative estimate of drug-likeness (QED) is 0.808. The van der Waals surface area contributed by atoms with E-state index in [0.29, 0.717) is 6.54 Å². The molecule has 0 aromatic rings. The van der Waals surface area contributed by atoms with E-state index in [1.165, 1.54) is 4.90 Å². The van der Waals surface area contributed by atoms with E-state index in [0.717, 1.165) is 0 Å². The van der Waals surface area contributed by atoms with Gasteiger partial charge in [0.25, 0.3) is 0 Å². The molecule has 1 fully saturated rings. The lowest BCUT2D eigenvalue weighted by molar-refractivity contribution is -0.151. The molecule has 0 spiro atoms. The molecule has 1 heterocycles. The third-order valence-electron chi connectivity index (χ3n) is 3.06. The smallest absolute Gasteiger partial charge is 0.246 e. The molecule has 98 valence electrons. The number of carbonyl (C=O) groups excluding carboxylic acids is 2. The minimum atomic E-state index is -0.522. The molecule has 2 unspecified atom stereocenters. The fourth-order valence-corrected chi connectivity index (χ4v) is 1.94. The van der Waals surface area contributed by atoms with Gasteiger partial charge in [-0.25, -0.2) is 0 Å². The molecule has 4 nitrogen and oxygen atoms in total. The zero-order chi connectivity index (χ0) is 13.2. The van der Waals surface area contributed by atoms with Crippen LogP contribution in [0.3, 0.4) is 0 Å². The molecular weight excluding hydrogens is 223 g/mol. The molecule has 1 saturated heterocycles. The van der Waals surface area contributed by atoms with Crippen LogP contribution in [0.1, 0.15) is 34.1 Å². The van der Waals surface area contributed by atoms with E-state index in [4.69, 9.17) is 0 Å². The second-order valence-corrected chi connectivity index (χ2v) is 5.56. The van der Waals surface area contributed by atoms with Crippen LogP contribution < -0.4 is 5.32 Å². The van der Waals surface area contributed by atoms with Crippen molar-refractivity contribution in [3.05, 3.63) is 0 Å². The lowest BCUT2D eigenvalue weighted by atomic mass is 9.84. The Hall–Kier alpha value is -1.13. The summed E-state index contributed by atoms with van der Waals surface area (Å²) in [7, 11) is 0. The van der Waals surface area contributed by atoms with Gasteiger partial charge >= 0.3 is 0 Å². The van der Waals surface area contributed by atoms with Crippen LogP contribution in [0.2, 0.25) is 0 Å². The summed E-state index contributed by atoms with van der Waals surface area (Å²) in [4.78, 5) is 25.5. The average molecular weight is 244 g/mol. The summed E-state index contributed by atoms with van der Waals surface area (Å²) in [6.07, 6.45) is 0.278. The van der Waals surface area contributed by atoms with Crippen molar-refractivity contribution in [2.45, 2.75) is 46.2 Å². The van der Waals surface area contributed by atoms with Gasteiger partial charge in [0.2, 0.25) is 11.8 Å². The van der Waals surface area contributed by atoms with E-state index in [1.54, 1.807) is 6.92 Å². The molecule has 1 rings (SSSR count). The van der Waals surface area contributed by atoms with Gasteiger partial charge in [-0.05, 0) is 18.8 Å². The molecule has 0 bridgehead atoms. The number of nitrogens with one attached hydrogen (secondary N) is 1. The number of alkyl halides is 1. The maximum atomic E-state index is 12.2. The number of hydrogen-bond donors (Lipinski definition) is 1. The predicted octanol–water partition coefficient (Wildman–Crippen LogP) is 1.11. The molecule has 0 radical (unpaired) electrons. The van der Waals surface area contributed by atoms with Crippen molar-refractivity contribution in [2.75, 3.05) is 13.2 Å². The van der Waals surface area contributed by atoms with Crippen LogP contribution >= 0.6 is 0 Å². The number of piperazine rings is 1. The van der Waals surface area contributed by atoms with Crippen molar-refractivity contribution in [1.29, 1.82) is 0 Å². The van der Waals surface area contributed by atoms with Gasteiger partial charge in [-0.15, -0.1) is 0 Å². The van der Waals surface area contributed by atoms with E-state index >= 15 is 0 Å². The molecule has 0 saturated carbocycles. The number of halogens is 1. The summed E-state index contributed by atoms with van der Waals surface area (Å²) in [5.41, 5.74) is -0.332. The first-order valence-electron chi connectivity index (χ1n) is 5.96. The van der Waals surface area contributed by atoms with E-state index in [1.807, 2.05) is 20.8 Å². The van der Waals surface area contributed by atoms with Crippen LogP contribution in [-0.2, 0) is 9.59 Å². The van der Waals surface area contributed by atoms with Crippen molar-refractivity contribution >= 4 is 11.8 Å². The average Bonchev–Trinajstić information content (AvgIpc) is 2.22. The largest absolute Gasteiger partial charge is 0.342 e. The van der Waals surface area contributed by atoms with Crippen molar-refractivity contribution in [3.63, 3.8) is 0 Å². The normalized spacial score (nSPS) is 26.1. The van der Waals surface area contributed by atoms with Gasteiger partial charge in [-0.3, -0.25) is 14.0 Å². The van der Waals surface area contributed by atoms with Gasteiger partial charge in [0.1, 0.15) is 12.1 Å². The highest BCUT2D eigenvalue weighted by atomic mass is 19.1. The van der Waals surface area contributed by atoms with Crippen LogP contribution in [0.15, 0.2) is 0 Å². The summed E-state index contributed by atoms with van der Waals surface area (Å²) in [6, 6.07) is -1.03. The Kier molecular flexibility index (Phi) is 4.11. The van der Waals surface area contributed by atoms with E-state index in [9.17, 15) is 14.0 Å². The van der Waals surface area contributed by atoms with Gasteiger partial charge in [0, 0.05) is 6.54 Å². The minimum absolute atomic E-state index is 0.113. The summed E-state index contributed by atoms with van der Waals surface area (Å²) < 4.78 is 12.2. The highest BCUT2D eigenvalue weighted by Gasteiger charge is 2.43. The standard InChI is InChI=1S/C12H21FN2O2/c1-8-10(16)14-9(12(2,3)4)11(17)15(8)7-5-6-13/h8-9H,5-7H2,1-4H3,(H,14,16). The van der Waals surface area contributed by atoms with E-state index in [-0.39, 0.29) is 23.7 Å². The number of amides is 2. The van der Waals surface area contributed by atoms with Gasteiger partial charge in [0.05, 0.1) is 6.67 Å². The second-order valence-electron chi connectivity index (χ2n) is 5.56. The third-order valence-corrected chi connectivity index (χ3v) is 3.06. The molecule has 0 aliphatic carbocycles. The first-order valence-corrected chi connectivity index (χ1v) is 5.96. The first-order chi connectivity index (χ1) is 7.79. The SMILES string of the molecule is CC1C(=O)NC(C(C)(C)C)C(=O)N1CCCF. The summed E-state index contributed by atoms with van der Waals surface area (Å²) in [5.74, 6) is -0.276. The molecule has 2 atom stereocenters. The van der Waals surface area contributed by atoms with Crippen LogP contribution in [0.5, 0.6) is 0 Å². The second kappa shape index (κ2) is 5.02. The van der Waals surface area contributed by atoms with Gasteiger partial charge in [0.15, 0.2) is 0 Å². The van der Waals surface area contributed by atoms with Crippen molar-refractivity contribution < 1.29 is 14.0 Å². The maximum absolute atomic E-state index is 12.2. The van der Waals surface area contributed by atoms with Crippen molar-refractivity contribution in [2.24, 2.45) is 5.41 Å². The fraction of sp³-hybridized carbons (Fsp3) is 0.833. The highest BCUT2D eigenvalue weighted by molar-refractivity contribution is 5.97. The van der Waals surface area contributed by atoms with E-state index in [2.05, 4.69) is 5.32 Å². The van der Waals surface area contributed by atoms with Crippen LogP contribution in [0.25, 0.3) is 0 Å². The Morgan fingerprint density at radius 1 is 1.35 bits per heavy atom. The van der Waals surface area contributed by atoms with Gasteiger partial charge in [-0.1, -0.05) is 20.8 Å². The number of rotatable bonds is 3. The molecule has 0 aromatic carbocycles. The number of hydrogen-bond acceptors (Lipinski definition) is 2. The molecule has 0 aromatic heterocycles. The Labute approximate surface area is 102 Å². The predicted molar refractivity (Wildman–Crippen MR) is 63.2 cm³/mol. The van der Waals surface area contributed by atoms with Gasteiger partial charge in [-0.2, -0.15) is 0 Å². The Bertz CT molecular complexity index is 312. The summed E-state index contributed by atoms with van der Waals surface area (Å²) in [6.45, 7) is 7.21. The Morgan fingerprint density at radius 3 is 2.41 bits per heavy atom. The highest BCUT2D eigenvalue weighted by Crippen LogP contribution is 2.25. The first kappa shape index (κ1) is 13.9. The summed E-state index contributed by atoms with van der Waals surface area (Å²) >= 11 is 0. The number of carbonyl (C=O) groups is 2. The molecule has 17 heavy (non-hydrogen) atoms. The zero-order valence-electron chi connectivity index (χ0n) is 10.9. The van der Waals surface area contributed by atoms with Crippen molar-refractivity contribution in [3.8, 4) is 0 Å². The van der Waals surface area contributed by atoms with Crippen LogP contribution in [0.4, 0.5) is 4.39 Å². The molecule has 1 aliphatic heterocycles. The summed E-state index contributed by atoms with van der Waals surface area (Å²) in [5, 5.41) is 2.74. The molecular formula is C12H21FN2O2. The molecule has 5 heteroatoms. The molecule has 1 N–H and O–H groups in total. The molecule has 2 amide bonds. The Balaban J connectivity index is 2.87. The van der Waals surface area contributed by atoms with Crippen LogP contribution in [0, 0.1) is 5.41 Å². The third kappa shape index (κ3) is 2.96. The fourth-order valence-electron chi connectivity index (χ4n) is 1.94. The Morgan fingerprint density at radius 2 is 1.94 bits per heavy atom. The van der Waals surface area contributed by atoms with E-state index < -0.39 is 18.8 Å². The number of nitrogens with zero attached hydrogens (tertiary/aromatic N) is 1. The van der Waals surface area contributed by atoms with Crippen LogP contribution in [-0.4, -0.2) is 42.0 Å². The molecule has 1 aliphatic rings. The zero-order valence-corrected chi connectivity index (χ0v) is 10.9. The van der Waals surface area contributed by atoms with Crippen molar-refractivity contribution in [1.82, 2.24) is 10.2 Å².